The first-order chi connectivity index (χ1) is 11.1. The fourth-order valence-corrected chi connectivity index (χ4v) is 2.76. The first-order valence-electron chi connectivity index (χ1n) is 6.80. The van der Waals surface area contributed by atoms with E-state index in [9.17, 15) is 18.0 Å². The average molecular weight is 379 g/mol. The van der Waals surface area contributed by atoms with E-state index in [1.165, 1.54) is 0 Å². The van der Waals surface area contributed by atoms with Crippen molar-refractivity contribution in [2.24, 2.45) is 7.05 Å². The van der Waals surface area contributed by atoms with Gasteiger partial charge in [-0.3, -0.25) is 4.79 Å². The van der Waals surface area contributed by atoms with Crippen LogP contribution in [0.15, 0.2) is 23.4 Å². The average Bonchev–Trinajstić information content (AvgIpc) is 2.80. The maximum Gasteiger partial charge on any atom is 0.416 e. The van der Waals surface area contributed by atoms with Crippen LogP contribution in [0.2, 0.25) is 5.02 Å². The first kappa shape index (κ1) is 18.6. The van der Waals surface area contributed by atoms with Gasteiger partial charge in [-0.1, -0.05) is 23.4 Å². The van der Waals surface area contributed by atoms with E-state index in [-0.39, 0.29) is 10.7 Å². The Hall–Kier alpha value is -1.74. The minimum Gasteiger partial charge on any atom is -0.324 e. The lowest BCUT2D eigenvalue weighted by Crippen LogP contribution is -2.23. The van der Waals surface area contributed by atoms with E-state index >= 15 is 0 Å². The summed E-state index contributed by atoms with van der Waals surface area (Å²) in [5.74, 6) is 0.202. The van der Waals surface area contributed by atoms with E-state index in [1.807, 2.05) is 0 Å². The van der Waals surface area contributed by atoms with Crippen LogP contribution in [0.5, 0.6) is 0 Å². The van der Waals surface area contributed by atoms with Gasteiger partial charge in [0.2, 0.25) is 5.91 Å². The first-order valence-corrected chi connectivity index (χ1v) is 8.05. The van der Waals surface area contributed by atoms with Crippen molar-refractivity contribution in [1.82, 2.24) is 14.8 Å². The van der Waals surface area contributed by atoms with Gasteiger partial charge >= 0.3 is 6.18 Å². The van der Waals surface area contributed by atoms with E-state index in [1.54, 1.807) is 25.5 Å². The quantitative estimate of drug-likeness (QED) is 0.819. The zero-order valence-corrected chi connectivity index (χ0v) is 14.6. The molecule has 2 aromatic rings. The highest BCUT2D eigenvalue weighted by Crippen LogP contribution is 2.34. The molecule has 1 amide bonds. The van der Waals surface area contributed by atoms with Gasteiger partial charge in [0, 0.05) is 7.05 Å². The predicted molar refractivity (Wildman–Crippen MR) is 86.1 cm³/mol. The van der Waals surface area contributed by atoms with Gasteiger partial charge in [-0.2, -0.15) is 13.2 Å². The van der Waals surface area contributed by atoms with Crippen LogP contribution in [0, 0.1) is 6.92 Å². The lowest BCUT2D eigenvalue weighted by Gasteiger charge is -2.14. The molecule has 5 nitrogen and oxygen atoms in total. The Bertz CT molecular complexity index is 763. The Kier molecular flexibility index (Phi) is 5.44. The van der Waals surface area contributed by atoms with Gasteiger partial charge in [0.15, 0.2) is 5.16 Å². The molecule has 0 unspecified atom stereocenters. The minimum atomic E-state index is -4.51. The van der Waals surface area contributed by atoms with E-state index < -0.39 is 22.9 Å². The number of rotatable bonds is 4. The Morgan fingerprint density at radius 3 is 2.58 bits per heavy atom. The number of carbonyl (C=O) groups is 1. The van der Waals surface area contributed by atoms with Crippen LogP contribution in [0.4, 0.5) is 18.9 Å². The molecule has 0 saturated heterocycles. The number of hydrogen-bond donors (Lipinski definition) is 1. The number of aromatic nitrogens is 3. The Labute approximate surface area is 145 Å². The molecule has 0 bridgehead atoms. The van der Waals surface area contributed by atoms with Crippen LogP contribution < -0.4 is 5.32 Å². The molecule has 0 saturated carbocycles. The minimum absolute atomic E-state index is 0.0306. The molecule has 1 aromatic carbocycles. The van der Waals surface area contributed by atoms with Crippen molar-refractivity contribution in [2.75, 3.05) is 5.32 Å². The number of benzene rings is 1. The maximum absolute atomic E-state index is 12.8. The normalized spacial score (nSPS) is 13.0. The molecule has 1 heterocycles. The number of thioether (sulfide) groups is 1. The van der Waals surface area contributed by atoms with E-state index in [0.29, 0.717) is 11.0 Å². The second-order valence-electron chi connectivity index (χ2n) is 5.03. The van der Waals surface area contributed by atoms with Gasteiger partial charge < -0.3 is 9.88 Å². The van der Waals surface area contributed by atoms with Crippen LogP contribution in [-0.4, -0.2) is 25.9 Å². The number of amides is 1. The molecular formula is C14H14ClF3N4OS. The van der Waals surface area contributed by atoms with Crippen LogP contribution in [-0.2, 0) is 18.0 Å². The summed E-state index contributed by atoms with van der Waals surface area (Å²) in [4.78, 5) is 12.2. The zero-order chi connectivity index (χ0) is 18.1. The molecule has 10 heteroatoms. The zero-order valence-electron chi connectivity index (χ0n) is 13.0. The molecule has 0 aliphatic heterocycles. The third-order valence-electron chi connectivity index (χ3n) is 3.26. The molecular weight excluding hydrogens is 365 g/mol. The summed E-state index contributed by atoms with van der Waals surface area (Å²) in [6.45, 7) is 3.38. The number of alkyl halides is 3. The summed E-state index contributed by atoms with van der Waals surface area (Å²) in [5.41, 5.74) is -0.968. The van der Waals surface area contributed by atoms with Crippen molar-refractivity contribution in [3.05, 3.63) is 34.6 Å². The van der Waals surface area contributed by atoms with Gasteiger partial charge in [-0.15, -0.1) is 10.2 Å². The summed E-state index contributed by atoms with van der Waals surface area (Å²) in [7, 11) is 1.76. The van der Waals surface area contributed by atoms with Crippen LogP contribution in [0.1, 0.15) is 18.3 Å². The van der Waals surface area contributed by atoms with E-state index in [2.05, 4.69) is 15.5 Å². The van der Waals surface area contributed by atoms with Crippen LogP contribution in [0.25, 0.3) is 0 Å². The number of halogens is 4. The standard InChI is InChI=1S/C14H14ClF3N4OS/c1-7(24-13-21-20-8(2)22(13)3)12(23)19-11-6-9(14(16,17)18)4-5-10(11)15/h4-7H,1-3H3,(H,19,23)/t7-/m1/s1. The summed E-state index contributed by atoms with van der Waals surface area (Å²) in [6, 6.07) is 2.77. The van der Waals surface area contributed by atoms with Crippen molar-refractivity contribution >= 4 is 35.0 Å². The fourth-order valence-electron chi connectivity index (χ4n) is 1.73. The summed E-state index contributed by atoms with van der Waals surface area (Å²) < 4.78 is 40.0. The summed E-state index contributed by atoms with van der Waals surface area (Å²) in [5, 5.41) is 10.2. The van der Waals surface area contributed by atoms with Crippen molar-refractivity contribution in [1.29, 1.82) is 0 Å². The van der Waals surface area contributed by atoms with Crippen molar-refractivity contribution in [3.8, 4) is 0 Å². The maximum atomic E-state index is 12.8. The molecule has 1 atom stereocenters. The van der Waals surface area contributed by atoms with E-state index in [0.717, 1.165) is 30.0 Å². The highest BCUT2D eigenvalue weighted by Gasteiger charge is 2.31. The molecule has 2 rings (SSSR count). The third-order valence-corrected chi connectivity index (χ3v) is 4.72. The summed E-state index contributed by atoms with van der Waals surface area (Å²) >= 11 is 7.01. The molecule has 0 spiro atoms. The van der Waals surface area contributed by atoms with Gasteiger partial charge in [-0.25, -0.2) is 0 Å². The number of nitrogens with zero attached hydrogens (tertiary/aromatic N) is 3. The Morgan fingerprint density at radius 2 is 2.04 bits per heavy atom. The lowest BCUT2D eigenvalue weighted by molar-refractivity contribution is -0.137. The van der Waals surface area contributed by atoms with Crippen LogP contribution >= 0.6 is 23.4 Å². The Balaban J connectivity index is 2.13. The van der Waals surface area contributed by atoms with Crippen LogP contribution in [0.3, 0.4) is 0 Å². The van der Waals surface area contributed by atoms with Gasteiger partial charge in [0.1, 0.15) is 5.82 Å². The number of hydrogen-bond acceptors (Lipinski definition) is 4. The second-order valence-corrected chi connectivity index (χ2v) is 6.75. The van der Waals surface area contributed by atoms with Crippen molar-refractivity contribution in [2.45, 2.75) is 30.4 Å². The SMILES string of the molecule is Cc1nnc(S[C@H](C)C(=O)Nc2cc(C(F)(F)F)ccc2Cl)n1C. The third kappa shape index (κ3) is 4.21. The lowest BCUT2D eigenvalue weighted by atomic mass is 10.2. The number of anilines is 1. The van der Waals surface area contributed by atoms with Gasteiger partial charge in [0.25, 0.3) is 0 Å². The largest absolute Gasteiger partial charge is 0.416 e. The fraction of sp³-hybridized carbons (Fsp3) is 0.357. The van der Waals surface area contributed by atoms with Crippen molar-refractivity contribution in [3.63, 3.8) is 0 Å². The molecule has 1 N–H and O–H groups in total. The van der Waals surface area contributed by atoms with Gasteiger partial charge in [0.05, 0.1) is 21.5 Å². The highest BCUT2D eigenvalue weighted by atomic mass is 35.5. The second kappa shape index (κ2) is 7.02. The van der Waals surface area contributed by atoms with E-state index in [4.69, 9.17) is 11.6 Å². The number of nitrogens with one attached hydrogen (secondary N) is 1. The predicted octanol–water partition coefficient (Wildman–Crippen LogP) is 3.92. The molecule has 130 valence electrons. The number of carbonyl (C=O) groups excluding carboxylic acids is 1. The molecule has 0 fully saturated rings. The summed E-state index contributed by atoms with van der Waals surface area (Å²) in [6.07, 6.45) is -4.51. The molecule has 1 aromatic heterocycles. The topological polar surface area (TPSA) is 59.8 Å². The highest BCUT2D eigenvalue weighted by molar-refractivity contribution is 8.00. The number of aryl methyl sites for hydroxylation is 1. The van der Waals surface area contributed by atoms with Gasteiger partial charge in [-0.05, 0) is 32.0 Å². The molecule has 0 aliphatic carbocycles. The Morgan fingerprint density at radius 1 is 1.38 bits per heavy atom. The monoisotopic (exact) mass is 378 g/mol. The smallest absolute Gasteiger partial charge is 0.324 e. The van der Waals surface area contributed by atoms with Crippen molar-refractivity contribution < 1.29 is 18.0 Å². The molecule has 0 radical (unpaired) electrons. The molecule has 24 heavy (non-hydrogen) atoms. The molecule has 0 aliphatic rings.